The van der Waals surface area contributed by atoms with Crippen LogP contribution in [0.15, 0.2) is 71.3 Å². The molecule has 0 radical (unpaired) electrons. The second kappa shape index (κ2) is 8.96. The molecule has 0 saturated heterocycles. The van der Waals surface area contributed by atoms with E-state index >= 15 is 0 Å². The Bertz CT molecular complexity index is 954. The van der Waals surface area contributed by atoms with Gasteiger partial charge >= 0.3 is 5.97 Å². The highest BCUT2D eigenvalue weighted by atomic mass is 19.1. The van der Waals surface area contributed by atoms with Gasteiger partial charge in [-0.1, -0.05) is 42.5 Å². The highest BCUT2D eigenvalue weighted by Crippen LogP contribution is 2.22. The zero-order valence-corrected chi connectivity index (χ0v) is 14.8. The Morgan fingerprint density at radius 1 is 1.07 bits per heavy atom. The molecule has 1 amide bonds. The van der Waals surface area contributed by atoms with Crippen LogP contribution in [-0.4, -0.2) is 29.6 Å². The molecule has 1 aromatic heterocycles. The van der Waals surface area contributed by atoms with Gasteiger partial charge in [0.1, 0.15) is 5.82 Å². The standard InChI is InChI=1S/C21H18FNO5/c22-17-8-4-7-15(9-17)16-10-19(28-12-16)20(24)23-18(21(25)26)13-27-11-14-5-2-1-3-6-14/h1-10,12,18H,11,13H2,(H,23,24)(H,25,26). The molecule has 3 aromatic rings. The minimum atomic E-state index is -1.24. The maximum atomic E-state index is 13.3. The molecule has 0 saturated carbocycles. The SMILES string of the molecule is O=C(NC(COCc1ccccc1)C(=O)O)c1cc(-c2cccc(F)c2)co1. The predicted octanol–water partition coefficient (Wildman–Crippen LogP) is 3.49. The largest absolute Gasteiger partial charge is 0.480 e. The first-order chi connectivity index (χ1) is 13.5. The molecular formula is C21H18FNO5. The van der Waals surface area contributed by atoms with E-state index in [1.807, 2.05) is 30.3 Å². The van der Waals surface area contributed by atoms with Gasteiger partial charge in [-0.2, -0.15) is 0 Å². The molecule has 0 fully saturated rings. The third-order valence-electron chi connectivity index (χ3n) is 3.98. The van der Waals surface area contributed by atoms with E-state index < -0.39 is 23.7 Å². The molecule has 1 unspecified atom stereocenters. The molecule has 0 bridgehead atoms. The number of nitrogens with one attached hydrogen (secondary N) is 1. The lowest BCUT2D eigenvalue weighted by Gasteiger charge is -2.14. The number of furan rings is 1. The van der Waals surface area contributed by atoms with Crippen LogP contribution in [0.25, 0.3) is 11.1 Å². The number of halogens is 1. The smallest absolute Gasteiger partial charge is 0.328 e. The summed E-state index contributed by atoms with van der Waals surface area (Å²) in [6.45, 7) is 0.0262. The van der Waals surface area contributed by atoms with Crippen LogP contribution in [-0.2, 0) is 16.1 Å². The molecule has 1 atom stereocenters. The van der Waals surface area contributed by atoms with Crippen molar-refractivity contribution in [2.75, 3.05) is 6.61 Å². The van der Waals surface area contributed by atoms with Crippen molar-refractivity contribution in [1.29, 1.82) is 0 Å². The normalized spacial score (nSPS) is 11.8. The Kier molecular flexibility index (Phi) is 6.18. The third-order valence-corrected chi connectivity index (χ3v) is 3.98. The zero-order valence-electron chi connectivity index (χ0n) is 14.8. The Morgan fingerprint density at radius 3 is 2.57 bits per heavy atom. The lowest BCUT2D eigenvalue weighted by Crippen LogP contribution is -2.43. The van der Waals surface area contributed by atoms with Gasteiger partial charge in [0.25, 0.3) is 5.91 Å². The molecule has 0 aliphatic rings. The number of amides is 1. The summed E-state index contributed by atoms with van der Waals surface area (Å²) in [7, 11) is 0. The molecule has 2 N–H and O–H groups in total. The quantitative estimate of drug-likeness (QED) is 0.622. The van der Waals surface area contributed by atoms with Crippen molar-refractivity contribution in [3.63, 3.8) is 0 Å². The minimum absolute atomic E-state index is 0.0754. The summed E-state index contributed by atoms with van der Waals surface area (Å²) in [4.78, 5) is 23.7. The molecule has 28 heavy (non-hydrogen) atoms. The average Bonchev–Trinajstić information content (AvgIpc) is 3.18. The fraction of sp³-hybridized carbons (Fsp3) is 0.143. The topological polar surface area (TPSA) is 88.8 Å². The summed E-state index contributed by atoms with van der Waals surface area (Å²) < 4.78 is 23.9. The molecular weight excluding hydrogens is 365 g/mol. The van der Waals surface area contributed by atoms with E-state index in [4.69, 9.17) is 9.15 Å². The fourth-order valence-electron chi connectivity index (χ4n) is 2.55. The number of benzene rings is 2. The van der Waals surface area contributed by atoms with Crippen molar-refractivity contribution in [3.05, 3.63) is 84.1 Å². The van der Waals surface area contributed by atoms with E-state index in [2.05, 4.69) is 5.32 Å². The van der Waals surface area contributed by atoms with Crippen LogP contribution in [0.2, 0.25) is 0 Å². The van der Waals surface area contributed by atoms with Crippen LogP contribution in [0.3, 0.4) is 0 Å². The molecule has 144 valence electrons. The van der Waals surface area contributed by atoms with E-state index in [0.717, 1.165) is 5.56 Å². The average molecular weight is 383 g/mol. The zero-order chi connectivity index (χ0) is 19.9. The molecule has 1 heterocycles. The number of rotatable bonds is 8. The molecule has 3 rings (SSSR count). The van der Waals surface area contributed by atoms with Crippen LogP contribution >= 0.6 is 0 Å². The van der Waals surface area contributed by atoms with Crippen LogP contribution in [0.1, 0.15) is 16.1 Å². The number of hydrogen-bond donors (Lipinski definition) is 2. The van der Waals surface area contributed by atoms with Gasteiger partial charge in [-0.05, 0) is 29.3 Å². The van der Waals surface area contributed by atoms with E-state index in [-0.39, 0.29) is 19.0 Å². The highest BCUT2D eigenvalue weighted by molar-refractivity contribution is 5.95. The highest BCUT2D eigenvalue weighted by Gasteiger charge is 2.23. The summed E-state index contributed by atoms with van der Waals surface area (Å²) in [5, 5.41) is 11.7. The van der Waals surface area contributed by atoms with E-state index in [1.165, 1.54) is 24.5 Å². The lowest BCUT2D eigenvalue weighted by atomic mass is 10.1. The predicted molar refractivity (Wildman–Crippen MR) is 99.1 cm³/mol. The Balaban J connectivity index is 1.60. The van der Waals surface area contributed by atoms with Crippen LogP contribution < -0.4 is 5.32 Å². The van der Waals surface area contributed by atoms with Crippen molar-refractivity contribution < 1.29 is 28.2 Å². The van der Waals surface area contributed by atoms with Gasteiger partial charge in [-0.15, -0.1) is 0 Å². The monoisotopic (exact) mass is 383 g/mol. The lowest BCUT2D eigenvalue weighted by molar-refractivity contribution is -0.141. The number of hydrogen-bond acceptors (Lipinski definition) is 4. The Morgan fingerprint density at radius 2 is 1.86 bits per heavy atom. The van der Waals surface area contributed by atoms with Gasteiger partial charge in [0, 0.05) is 5.56 Å². The third kappa shape index (κ3) is 5.05. The van der Waals surface area contributed by atoms with Gasteiger partial charge in [-0.25, -0.2) is 9.18 Å². The number of carbonyl (C=O) groups is 2. The first-order valence-corrected chi connectivity index (χ1v) is 8.53. The first-order valence-electron chi connectivity index (χ1n) is 8.53. The number of carbonyl (C=O) groups excluding carboxylic acids is 1. The van der Waals surface area contributed by atoms with Gasteiger partial charge < -0.3 is 19.6 Å². The van der Waals surface area contributed by atoms with Crippen molar-refractivity contribution in [2.24, 2.45) is 0 Å². The molecule has 0 aliphatic carbocycles. The second-order valence-corrected chi connectivity index (χ2v) is 6.07. The molecule has 7 heteroatoms. The fourth-order valence-corrected chi connectivity index (χ4v) is 2.55. The summed E-state index contributed by atoms with van der Waals surface area (Å²) >= 11 is 0. The number of carboxylic acids is 1. The minimum Gasteiger partial charge on any atom is -0.480 e. The van der Waals surface area contributed by atoms with Gasteiger partial charge in [0.2, 0.25) is 0 Å². The molecule has 0 aliphatic heterocycles. The van der Waals surface area contributed by atoms with E-state index in [1.54, 1.807) is 12.1 Å². The molecule has 2 aromatic carbocycles. The number of ether oxygens (including phenoxy) is 1. The number of aliphatic carboxylic acids is 1. The second-order valence-electron chi connectivity index (χ2n) is 6.07. The van der Waals surface area contributed by atoms with Gasteiger partial charge in [-0.3, -0.25) is 4.79 Å². The van der Waals surface area contributed by atoms with Crippen molar-refractivity contribution >= 4 is 11.9 Å². The maximum Gasteiger partial charge on any atom is 0.328 e. The van der Waals surface area contributed by atoms with Crippen molar-refractivity contribution in [1.82, 2.24) is 5.32 Å². The van der Waals surface area contributed by atoms with Crippen LogP contribution in [0.4, 0.5) is 4.39 Å². The van der Waals surface area contributed by atoms with Crippen LogP contribution in [0, 0.1) is 5.82 Å². The summed E-state index contributed by atoms with van der Waals surface area (Å²) in [6, 6.07) is 15.3. The number of carboxylic acid groups (broad SMARTS) is 1. The summed E-state index contributed by atoms with van der Waals surface area (Å²) in [5.74, 6) is -2.41. The summed E-state index contributed by atoms with van der Waals surface area (Å²) in [6.07, 6.45) is 1.31. The summed E-state index contributed by atoms with van der Waals surface area (Å²) in [5.41, 5.74) is 1.95. The maximum absolute atomic E-state index is 13.3. The Hall–Kier alpha value is -3.45. The van der Waals surface area contributed by atoms with Crippen molar-refractivity contribution in [3.8, 4) is 11.1 Å². The van der Waals surface area contributed by atoms with Crippen molar-refractivity contribution in [2.45, 2.75) is 12.6 Å². The van der Waals surface area contributed by atoms with E-state index in [0.29, 0.717) is 11.1 Å². The van der Waals surface area contributed by atoms with Gasteiger partial charge in [0.05, 0.1) is 19.5 Å². The van der Waals surface area contributed by atoms with Gasteiger partial charge in [0.15, 0.2) is 11.8 Å². The first kappa shape index (κ1) is 19.3. The Labute approximate surface area is 160 Å². The molecule has 6 nitrogen and oxygen atoms in total. The van der Waals surface area contributed by atoms with Crippen LogP contribution in [0.5, 0.6) is 0 Å². The molecule has 0 spiro atoms. The van der Waals surface area contributed by atoms with E-state index in [9.17, 15) is 19.1 Å².